The Labute approximate surface area is 78.7 Å². The lowest BCUT2D eigenvalue weighted by atomic mass is 9.99. The Morgan fingerprint density at radius 3 is 3.00 bits per heavy atom. The lowest BCUT2D eigenvalue weighted by Crippen LogP contribution is -2.16. The first-order chi connectivity index (χ1) is 6.11. The Morgan fingerprint density at radius 1 is 1.77 bits per heavy atom. The van der Waals surface area contributed by atoms with E-state index in [2.05, 4.69) is 36.6 Å². The van der Waals surface area contributed by atoms with E-state index in [9.17, 15) is 0 Å². The van der Waals surface area contributed by atoms with Gasteiger partial charge in [0.2, 0.25) is 0 Å². The van der Waals surface area contributed by atoms with E-state index in [1.165, 1.54) is 0 Å². The third-order valence-electron chi connectivity index (χ3n) is 1.84. The second kappa shape index (κ2) is 3.94. The first kappa shape index (κ1) is 9.58. The smallest absolute Gasteiger partial charge is 0.122 e. The Morgan fingerprint density at radius 2 is 2.46 bits per heavy atom. The van der Waals surface area contributed by atoms with Gasteiger partial charge in [-0.3, -0.25) is 0 Å². The Hall–Kier alpha value is -1.51. The molecule has 0 saturated carbocycles. The quantitative estimate of drug-likeness (QED) is 0.642. The van der Waals surface area contributed by atoms with Crippen molar-refractivity contribution in [1.29, 1.82) is 0 Å². The second-order valence-electron chi connectivity index (χ2n) is 3.25. The summed E-state index contributed by atoms with van der Waals surface area (Å²) in [7, 11) is 0. The number of hydrogen-bond acceptors (Lipinski definition) is 3. The van der Waals surface area contributed by atoms with Crippen molar-refractivity contribution in [2.45, 2.75) is 13.3 Å². The highest BCUT2D eigenvalue weighted by molar-refractivity contribution is 5.32. The van der Waals surface area contributed by atoms with Gasteiger partial charge in [0.05, 0.1) is 0 Å². The van der Waals surface area contributed by atoms with E-state index in [1.807, 2.05) is 6.08 Å². The largest absolute Gasteiger partial charge is 0.402 e. The highest BCUT2D eigenvalue weighted by atomic mass is 15.0. The van der Waals surface area contributed by atoms with Crippen LogP contribution in [0.15, 0.2) is 40.9 Å². The summed E-state index contributed by atoms with van der Waals surface area (Å²) in [6.45, 7) is 9.16. The van der Waals surface area contributed by atoms with Crippen LogP contribution in [-0.4, -0.2) is 6.72 Å². The molecule has 0 fully saturated rings. The summed E-state index contributed by atoms with van der Waals surface area (Å²) in [6, 6.07) is 0. The zero-order valence-corrected chi connectivity index (χ0v) is 7.88. The molecular formula is C10H15N3. The molecule has 1 rings (SSSR count). The van der Waals surface area contributed by atoms with E-state index in [0.717, 1.165) is 17.8 Å². The molecule has 13 heavy (non-hydrogen) atoms. The molecule has 0 heterocycles. The topological polar surface area (TPSA) is 50.4 Å². The summed E-state index contributed by atoms with van der Waals surface area (Å²) < 4.78 is 0. The molecule has 1 unspecified atom stereocenters. The number of nitrogens with zero attached hydrogens (tertiary/aromatic N) is 1. The molecule has 3 nitrogen and oxygen atoms in total. The maximum absolute atomic E-state index is 5.74. The summed E-state index contributed by atoms with van der Waals surface area (Å²) in [5, 5.41) is 3.01. The average Bonchev–Trinajstić information content (AvgIpc) is 2.02. The SMILES string of the molecule is C=NC(=C)NC1=CC(C)CC(N)=C1. The van der Waals surface area contributed by atoms with Crippen molar-refractivity contribution in [2.75, 3.05) is 0 Å². The fourth-order valence-corrected chi connectivity index (χ4v) is 1.33. The van der Waals surface area contributed by atoms with Gasteiger partial charge in [-0.25, -0.2) is 4.99 Å². The molecule has 0 saturated heterocycles. The third-order valence-corrected chi connectivity index (χ3v) is 1.84. The van der Waals surface area contributed by atoms with Crippen LogP contribution in [-0.2, 0) is 0 Å². The molecule has 1 aliphatic carbocycles. The van der Waals surface area contributed by atoms with Crippen LogP contribution in [0.1, 0.15) is 13.3 Å². The number of allylic oxidation sites excluding steroid dienone is 3. The van der Waals surface area contributed by atoms with Gasteiger partial charge in [-0.05, 0) is 25.1 Å². The van der Waals surface area contributed by atoms with Crippen molar-refractivity contribution in [3.8, 4) is 0 Å². The van der Waals surface area contributed by atoms with Crippen LogP contribution in [0.4, 0.5) is 0 Å². The van der Waals surface area contributed by atoms with Crippen LogP contribution in [0.5, 0.6) is 0 Å². The van der Waals surface area contributed by atoms with Crippen molar-refractivity contribution in [3.63, 3.8) is 0 Å². The van der Waals surface area contributed by atoms with Crippen molar-refractivity contribution < 1.29 is 0 Å². The number of nitrogens with one attached hydrogen (secondary N) is 1. The molecular weight excluding hydrogens is 162 g/mol. The monoisotopic (exact) mass is 177 g/mol. The van der Waals surface area contributed by atoms with Crippen molar-refractivity contribution in [3.05, 3.63) is 35.9 Å². The molecule has 0 aliphatic heterocycles. The Kier molecular flexibility index (Phi) is 2.90. The normalized spacial score (nSPS) is 21.5. The molecule has 3 heteroatoms. The number of rotatable bonds is 3. The van der Waals surface area contributed by atoms with Crippen molar-refractivity contribution in [1.82, 2.24) is 5.32 Å². The predicted molar refractivity (Wildman–Crippen MR) is 56.0 cm³/mol. The lowest BCUT2D eigenvalue weighted by molar-refractivity contribution is 0.684. The minimum Gasteiger partial charge on any atom is -0.402 e. The first-order valence-electron chi connectivity index (χ1n) is 4.22. The Balaban J connectivity index is 2.69. The first-order valence-corrected chi connectivity index (χ1v) is 4.22. The fraction of sp³-hybridized carbons (Fsp3) is 0.300. The molecule has 70 valence electrons. The summed E-state index contributed by atoms with van der Waals surface area (Å²) in [5.41, 5.74) is 7.57. The van der Waals surface area contributed by atoms with Gasteiger partial charge in [0.15, 0.2) is 0 Å². The molecule has 0 aromatic carbocycles. The van der Waals surface area contributed by atoms with E-state index in [-0.39, 0.29) is 0 Å². The molecule has 1 aliphatic rings. The number of hydrogen-bond donors (Lipinski definition) is 2. The standard InChI is InChI=1S/C10H15N3/c1-7-4-9(11)6-10(5-7)13-8(2)12-3/h5-7,13H,2-4,11H2,1H3. The summed E-state index contributed by atoms with van der Waals surface area (Å²) in [5.74, 6) is 1.01. The number of aliphatic imine (C=N–C) groups is 1. The summed E-state index contributed by atoms with van der Waals surface area (Å²) in [6.07, 6.45) is 4.92. The highest BCUT2D eigenvalue weighted by Gasteiger charge is 2.08. The van der Waals surface area contributed by atoms with E-state index < -0.39 is 0 Å². The molecule has 0 radical (unpaired) electrons. The van der Waals surface area contributed by atoms with Gasteiger partial charge >= 0.3 is 0 Å². The van der Waals surface area contributed by atoms with Crippen LogP contribution in [0.2, 0.25) is 0 Å². The summed E-state index contributed by atoms with van der Waals surface area (Å²) >= 11 is 0. The number of nitrogens with two attached hydrogens (primary N) is 1. The lowest BCUT2D eigenvalue weighted by Gasteiger charge is -2.16. The molecule has 0 aromatic rings. The van der Waals surface area contributed by atoms with Crippen LogP contribution in [0, 0.1) is 5.92 Å². The van der Waals surface area contributed by atoms with E-state index in [0.29, 0.717) is 11.7 Å². The Bertz CT molecular complexity index is 287. The van der Waals surface area contributed by atoms with Crippen LogP contribution >= 0.6 is 0 Å². The van der Waals surface area contributed by atoms with Gasteiger partial charge in [0, 0.05) is 11.4 Å². The summed E-state index contributed by atoms with van der Waals surface area (Å²) in [4.78, 5) is 3.67. The van der Waals surface area contributed by atoms with Gasteiger partial charge in [0.25, 0.3) is 0 Å². The minimum absolute atomic E-state index is 0.463. The van der Waals surface area contributed by atoms with E-state index in [4.69, 9.17) is 5.73 Å². The van der Waals surface area contributed by atoms with Crippen LogP contribution < -0.4 is 11.1 Å². The van der Waals surface area contributed by atoms with E-state index >= 15 is 0 Å². The molecule has 0 amide bonds. The zero-order valence-electron chi connectivity index (χ0n) is 7.88. The van der Waals surface area contributed by atoms with Gasteiger partial charge < -0.3 is 11.1 Å². The molecule has 3 N–H and O–H groups in total. The van der Waals surface area contributed by atoms with Crippen molar-refractivity contribution in [2.24, 2.45) is 16.6 Å². The maximum atomic E-state index is 5.74. The molecule has 1 atom stereocenters. The van der Waals surface area contributed by atoms with E-state index in [1.54, 1.807) is 0 Å². The van der Waals surface area contributed by atoms with Crippen LogP contribution in [0.3, 0.4) is 0 Å². The maximum Gasteiger partial charge on any atom is 0.122 e. The fourth-order valence-electron chi connectivity index (χ4n) is 1.33. The zero-order chi connectivity index (χ0) is 9.84. The highest BCUT2D eigenvalue weighted by Crippen LogP contribution is 2.18. The predicted octanol–water partition coefficient (Wildman–Crippen LogP) is 1.51. The van der Waals surface area contributed by atoms with Crippen molar-refractivity contribution >= 4 is 6.72 Å². The molecule has 0 aromatic heterocycles. The van der Waals surface area contributed by atoms with Crippen LogP contribution in [0.25, 0.3) is 0 Å². The average molecular weight is 177 g/mol. The minimum atomic E-state index is 0.463. The van der Waals surface area contributed by atoms with Gasteiger partial charge in [-0.1, -0.05) is 19.6 Å². The molecule has 0 spiro atoms. The molecule has 0 bridgehead atoms. The van der Waals surface area contributed by atoms with Gasteiger partial charge in [-0.2, -0.15) is 0 Å². The second-order valence-corrected chi connectivity index (χ2v) is 3.25. The van der Waals surface area contributed by atoms with Gasteiger partial charge in [-0.15, -0.1) is 0 Å². The van der Waals surface area contributed by atoms with Gasteiger partial charge in [0.1, 0.15) is 5.82 Å². The third kappa shape index (κ3) is 2.78.